The first-order valence-electron chi connectivity index (χ1n) is 14.9. The molecule has 0 unspecified atom stereocenters. The van der Waals surface area contributed by atoms with Gasteiger partial charge in [0, 0.05) is 56.9 Å². The summed E-state index contributed by atoms with van der Waals surface area (Å²) in [5, 5.41) is 3.37. The summed E-state index contributed by atoms with van der Waals surface area (Å²) in [5.74, 6) is 2.27. The largest absolute Gasteiger partial charge is 0.497 e. The maximum absolute atomic E-state index is 13.9. The molecule has 1 atom stereocenters. The molecule has 3 heterocycles. The van der Waals surface area contributed by atoms with E-state index in [1.807, 2.05) is 12.1 Å². The van der Waals surface area contributed by atoms with Crippen molar-refractivity contribution in [3.63, 3.8) is 0 Å². The molecule has 42 heavy (non-hydrogen) atoms. The van der Waals surface area contributed by atoms with Crippen LogP contribution in [0.5, 0.6) is 5.75 Å². The highest BCUT2D eigenvalue weighted by Gasteiger charge is 2.32. The van der Waals surface area contributed by atoms with Crippen molar-refractivity contribution in [2.24, 2.45) is 0 Å². The van der Waals surface area contributed by atoms with Gasteiger partial charge in [0.1, 0.15) is 17.4 Å². The molecular weight excluding hydrogens is 529 g/mol. The van der Waals surface area contributed by atoms with Gasteiger partial charge in [-0.05, 0) is 75.0 Å². The first kappa shape index (κ1) is 29.7. The molecule has 0 saturated heterocycles. The molecule has 2 aromatic heterocycles. The molecule has 5 rings (SSSR count). The predicted octanol–water partition coefficient (Wildman–Crippen LogP) is 5.92. The zero-order chi connectivity index (χ0) is 29.5. The summed E-state index contributed by atoms with van der Waals surface area (Å²) in [6.07, 6.45) is 5.84. The van der Waals surface area contributed by atoms with Gasteiger partial charge in [-0.15, -0.1) is 0 Å². The van der Waals surface area contributed by atoms with Crippen LogP contribution in [0.2, 0.25) is 0 Å². The summed E-state index contributed by atoms with van der Waals surface area (Å²) in [4.78, 5) is 19.3. The maximum Gasteiger partial charge on any atom is 0.223 e. The number of anilines is 1. The second kappa shape index (κ2) is 13.9. The van der Waals surface area contributed by atoms with Crippen molar-refractivity contribution in [1.29, 1.82) is 0 Å². The number of nitrogens with zero attached hydrogens (tertiary/aromatic N) is 6. The van der Waals surface area contributed by atoms with E-state index in [0.717, 1.165) is 92.6 Å². The Bertz CT molecular complexity index is 1450. The van der Waals surface area contributed by atoms with Gasteiger partial charge in [0.05, 0.1) is 24.2 Å². The minimum atomic E-state index is -0.261. The number of nitrogens with one attached hydrogen (secondary N) is 1. The van der Waals surface area contributed by atoms with E-state index < -0.39 is 0 Å². The van der Waals surface area contributed by atoms with Crippen LogP contribution < -0.4 is 10.1 Å². The highest BCUT2D eigenvalue weighted by Crippen LogP contribution is 2.39. The van der Waals surface area contributed by atoms with E-state index in [2.05, 4.69) is 63.9 Å². The number of ether oxygens (including phenoxy) is 1. The van der Waals surface area contributed by atoms with Crippen LogP contribution in [0, 0.1) is 5.82 Å². The molecule has 0 spiro atoms. The molecule has 0 fully saturated rings. The van der Waals surface area contributed by atoms with E-state index in [0.29, 0.717) is 5.95 Å². The van der Waals surface area contributed by atoms with Crippen LogP contribution in [0.1, 0.15) is 43.6 Å². The molecule has 0 bridgehead atoms. The summed E-state index contributed by atoms with van der Waals surface area (Å²) in [7, 11) is 5.93. The minimum Gasteiger partial charge on any atom is -0.497 e. The molecule has 4 aromatic rings. The third-order valence-electron chi connectivity index (χ3n) is 7.75. The minimum absolute atomic E-state index is 0.218. The summed E-state index contributed by atoms with van der Waals surface area (Å²) in [5.41, 5.74) is 4.73. The third kappa shape index (κ3) is 7.14. The van der Waals surface area contributed by atoms with Crippen LogP contribution in [0.25, 0.3) is 22.6 Å². The lowest BCUT2D eigenvalue weighted by Gasteiger charge is -2.28. The molecule has 0 aliphatic carbocycles. The van der Waals surface area contributed by atoms with Gasteiger partial charge < -0.3 is 19.5 Å². The first-order valence-corrected chi connectivity index (χ1v) is 14.9. The topological polar surface area (TPSA) is 71.3 Å². The van der Waals surface area contributed by atoms with Crippen LogP contribution in [0.15, 0.2) is 60.8 Å². The monoisotopic (exact) mass is 571 g/mol. The smallest absolute Gasteiger partial charge is 0.223 e. The summed E-state index contributed by atoms with van der Waals surface area (Å²) in [6.45, 7) is 6.58. The van der Waals surface area contributed by atoms with Gasteiger partial charge in [0.15, 0.2) is 0 Å². The van der Waals surface area contributed by atoms with Crippen molar-refractivity contribution >= 4 is 5.95 Å². The Morgan fingerprint density at radius 3 is 2.67 bits per heavy atom. The van der Waals surface area contributed by atoms with Gasteiger partial charge in [-0.25, -0.2) is 19.3 Å². The molecule has 9 heteroatoms. The number of imidazole rings is 1. The van der Waals surface area contributed by atoms with Crippen LogP contribution in [-0.4, -0.2) is 76.7 Å². The molecular formula is C33H42FN7O. The number of benzene rings is 2. The van der Waals surface area contributed by atoms with Gasteiger partial charge in [-0.1, -0.05) is 25.5 Å². The van der Waals surface area contributed by atoms with E-state index in [1.54, 1.807) is 25.4 Å². The van der Waals surface area contributed by atoms with E-state index in [4.69, 9.17) is 14.7 Å². The van der Waals surface area contributed by atoms with Crippen molar-refractivity contribution in [2.45, 2.75) is 45.2 Å². The van der Waals surface area contributed by atoms with E-state index in [1.165, 1.54) is 17.7 Å². The molecule has 222 valence electrons. The Hall–Kier alpha value is -3.82. The Kier molecular flexibility index (Phi) is 9.81. The lowest BCUT2D eigenvalue weighted by molar-refractivity contribution is 0.204. The highest BCUT2D eigenvalue weighted by molar-refractivity contribution is 5.78. The van der Waals surface area contributed by atoms with Gasteiger partial charge >= 0.3 is 0 Å². The normalized spacial score (nSPS) is 14.5. The molecule has 0 saturated carbocycles. The standard InChI is InChI=1S/C33H42FN7O/c1-5-6-17-35-33-36-18-16-29(37-33)32-31(25-10-12-26(34)13-11-25)38-30-15-14-27(41(30)32)23-40(20-19-39(2)3)22-24-8-7-9-28(21-24)42-4/h7-13,16,18,21,27H,5-6,14-15,17,19-20,22-23H2,1-4H3,(H,35,36,37)/t27-/m0/s1. The fourth-order valence-corrected chi connectivity index (χ4v) is 5.56. The summed E-state index contributed by atoms with van der Waals surface area (Å²) >= 11 is 0. The van der Waals surface area contributed by atoms with Gasteiger partial charge in [-0.3, -0.25) is 4.90 Å². The van der Waals surface area contributed by atoms with E-state index in [-0.39, 0.29) is 11.9 Å². The number of hydrogen-bond acceptors (Lipinski definition) is 7. The van der Waals surface area contributed by atoms with Crippen LogP contribution in [-0.2, 0) is 13.0 Å². The average Bonchev–Trinajstić information content (AvgIpc) is 3.56. The number of fused-ring (bicyclic) bond motifs is 1. The number of methoxy groups -OCH3 is 1. The number of aryl methyl sites for hydroxylation is 1. The van der Waals surface area contributed by atoms with Crippen LogP contribution in [0.4, 0.5) is 10.3 Å². The number of halogens is 1. The molecule has 8 nitrogen and oxygen atoms in total. The molecule has 1 aliphatic rings. The van der Waals surface area contributed by atoms with Crippen LogP contribution in [0.3, 0.4) is 0 Å². The van der Waals surface area contributed by atoms with E-state index in [9.17, 15) is 4.39 Å². The molecule has 1 N–H and O–H groups in total. The zero-order valence-corrected chi connectivity index (χ0v) is 25.2. The van der Waals surface area contributed by atoms with Gasteiger partial charge in [0.2, 0.25) is 5.95 Å². The Balaban J connectivity index is 1.51. The first-order chi connectivity index (χ1) is 20.4. The fourth-order valence-electron chi connectivity index (χ4n) is 5.56. The second-order valence-electron chi connectivity index (χ2n) is 11.2. The number of rotatable bonds is 14. The number of hydrogen-bond donors (Lipinski definition) is 1. The van der Waals surface area contributed by atoms with Crippen molar-refractivity contribution in [3.05, 3.63) is 78.0 Å². The second-order valence-corrected chi connectivity index (χ2v) is 11.2. The SMILES string of the molecule is CCCCNc1nccc(-c2c(-c3ccc(F)cc3)nc3n2[C@H](CN(CCN(C)C)Cc2cccc(OC)c2)CC3)n1. The predicted molar refractivity (Wildman–Crippen MR) is 166 cm³/mol. The Morgan fingerprint density at radius 1 is 1.07 bits per heavy atom. The van der Waals surface area contributed by atoms with Crippen molar-refractivity contribution in [2.75, 3.05) is 52.7 Å². The molecule has 0 radical (unpaired) electrons. The number of aromatic nitrogens is 4. The lowest BCUT2D eigenvalue weighted by atomic mass is 10.1. The molecule has 0 amide bonds. The Morgan fingerprint density at radius 2 is 1.90 bits per heavy atom. The fraction of sp³-hybridized carbons (Fsp3) is 0.424. The van der Waals surface area contributed by atoms with Crippen LogP contribution >= 0.6 is 0 Å². The van der Waals surface area contributed by atoms with Crippen molar-refractivity contribution in [1.82, 2.24) is 29.3 Å². The zero-order valence-electron chi connectivity index (χ0n) is 25.2. The average molecular weight is 572 g/mol. The molecule has 1 aliphatic heterocycles. The van der Waals surface area contributed by atoms with Gasteiger partial charge in [0.25, 0.3) is 0 Å². The third-order valence-corrected chi connectivity index (χ3v) is 7.75. The summed E-state index contributed by atoms with van der Waals surface area (Å²) < 4.78 is 21.8. The lowest BCUT2D eigenvalue weighted by Crippen LogP contribution is -2.35. The van der Waals surface area contributed by atoms with Crippen molar-refractivity contribution in [3.8, 4) is 28.4 Å². The highest BCUT2D eigenvalue weighted by atomic mass is 19.1. The number of likely N-dealkylation sites (N-methyl/N-ethyl adjacent to an activating group) is 1. The van der Waals surface area contributed by atoms with Crippen molar-refractivity contribution < 1.29 is 9.13 Å². The Labute approximate surface area is 248 Å². The quantitative estimate of drug-likeness (QED) is 0.189. The van der Waals surface area contributed by atoms with E-state index >= 15 is 0 Å². The van der Waals surface area contributed by atoms with Gasteiger partial charge in [-0.2, -0.15) is 0 Å². The molecule has 2 aromatic carbocycles. The summed E-state index contributed by atoms with van der Waals surface area (Å²) in [6, 6.07) is 17.1. The number of unbranched alkanes of at least 4 members (excludes halogenated alkanes) is 1. The maximum atomic E-state index is 13.9.